The van der Waals surface area contributed by atoms with Crippen LogP contribution in [0.5, 0.6) is 0 Å². The van der Waals surface area contributed by atoms with Crippen LogP contribution in [0.4, 0.5) is 11.4 Å². The highest BCUT2D eigenvalue weighted by atomic mass is 32.1. The highest BCUT2D eigenvalue weighted by Gasteiger charge is 2.50. The molecule has 5 rings (SSSR count). The summed E-state index contributed by atoms with van der Waals surface area (Å²) in [5.41, 5.74) is 9.62. The minimum Gasteiger partial charge on any atom is -0.397 e. The Balaban J connectivity index is 1.29. The number of hydrogen-bond acceptors (Lipinski definition) is 5. The SMILES string of the molecule is Nc1ccc(-c2cccs2)cc1NC(=O)c1ccc(CN2C(=O)CCC23COC3)cc1. The number of ether oxygens (including phenoxy) is 1. The summed E-state index contributed by atoms with van der Waals surface area (Å²) in [7, 11) is 0. The number of nitrogens with one attached hydrogen (secondary N) is 1. The molecule has 2 saturated heterocycles. The molecule has 0 radical (unpaired) electrons. The fourth-order valence-corrected chi connectivity index (χ4v) is 4.89. The van der Waals surface area contributed by atoms with E-state index in [1.165, 1.54) is 0 Å². The summed E-state index contributed by atoms with van der Waals surface area (Å²) < 4.78 is 5.37. The Morgan fingerprint density at radius 1 is 1.16 bits per heavy atom. The van der Waals surface area contributed by atoms with Crippen LogP contribution in [0.15, 0.2) is 60.0 Å². The lowest BCUT2D eigenvalue weighted by molar-refractivity contribution is -0.154. The number of nitrogens with zero attached hydrogens (tertiary/aromatic N) is 1. The number of carbonyl (C=O) groups excluding carboxylic acids is 2. The second-order valence-corrected chi connectivity index (χ2v) is 9.08. The summed E-state index contributed by atoms with van der Waals surface area (Å²) in [5, 5.41) is 4.93. The first-order chi connectivity index (χ1) is 15.0. The molecule has 2 amide bonds. The van der Waals surface area contributed by atoms with Gasteiger partial charge in [0.1, 0.15) is 0 Å². The minimum absolute atomic E-state index is 0.127. The molecule has 3 N–H and O–H groups in total. The van der Waals surface area contributed by atoms with Crippen LogP contribution in [-0.2, 0) is 16.1 Å². The Morgan fingerprint density at radius 3 is 2.65 bits per heavy atom. The number of likely N-dealkylation sites (tertiary alicyclic amines) is 1. The predicted molar refractivity (Wildman–Crippen MR) is 122 cm³/mol. The average molecular weight is 434 g/mol. The van der Waals surface area contributed by atoms with Crippen molar-refractivity contribution < 1.29 is 14.3 Å². The van der Waals surface area contributed by atoms with E-state index in [1.807, 2.05) is 46.7 Å². The van der Waals surface area contributed by atoms with Crippen molar-refractivity contribution in [3.63, 3.8) is 0 Å². The number of thiophene rings is 1. The van der Waals surface area contributed by atoms with Gasteiger partial charge in [-0.1, -0.05) is 24.3 Å². The third-order valence-corrected chi connectivity index (χ3v) is 7.00. The van der Waals surface area contributed by atoms with Crippen LogP contribution in [0.25, 0.3) is 10.4 Å². The van der Waals surface area contributed by atoms with Gasteiger partial charge in [0.25, 0.3) is 5.91 Å². The van der Waals surface area contributed by atoms with Crippen LogP contribution in [0.3, 0.4) is 0 Å². The molecule has 1 aromatic heterocycles. The molecule has 6 nitrogen and oxygen atoms in total. The fourth-order valence-electron chi connectivity index (χ4n) is 4.17. The second-order valence-electron chi connectivity index (χ2n) is 8.13. The highest BCUT2D eigenvalue weighted by Crippen LogP contribution is 2.37. The van der Waals surface area contributed by atoms with E-state index in [9.17, 15) is 9.59 Å². The lowest BCUT2D eigenvalue weighted by Gasteiger charge is -2.45. The topological polar surface area (TPSA) is 84.7 Å². The van der Waals surface area contributed by atoms with Gasteiger partial charge in [0.05, 0.1) is 30.1 Å². The van der Waals surface area contributed by atoms with Crippen molar-refractivity contribution in [2.24, 2.45) is 0 Å². The van der Waals surface area contributed by atoms with Crippen molar-refractivity contribution in [3.05, 3.63) is 71.1 Å². The molecule has 2 fully saturated rings. The monoisotopic (exact) mass is 433 g/mol. The first-order valence-corrected chi connectivity index (χ1v) is 11.1. The Kier molecular flexibility index (Phi) is 5.00. The van der Waals surface area contributed by atoms with E-state index in [2.05, 4.69) is 5.32 Å². The summed E-state index contributed by atoms with van der Waals surface area (Å²) in [5.74, 6) is -0.0473. The molecule has 0 atom stereocenters. The Hall–Kier alpha value is -3.16. The molecule has 1 spiro atoms. The van der Waals surface area contributed by atoms with Gasteiger partial charge in [-0.2, -0.15) is 0 Å². The van der Waals surface area contributed by atoms with Gasteiger partial charge in [0.2, 0.25) is 5.91 Å². The van der Waals surface area contributed by atoms with Gasteiger partial charge >= 0.3 is 0 Å². The van der Waals surface area contributed by atoms with E-state index < -0.39 is 0 Å². The van der Waals surface area contributed by atoms with Gasteiger partial charge in [-0.25, -0.2) is 0 Å². The maximum absolute atomic E-state index is 12.8. The average Bonchev–Trinajstić information content (AvgIpc) is 3.39. The number of nitrogen functional groups attached to an aromatic ring is 1. The van der Waals surface area contributed by atoms with Crippen molar-refractivity contribution in [1.29, 1.82) is 0 Å². The van der Waals surface area contributed by atoms with Crippen LogP contribution in [0.1, 0.15) is 28.8 Å². The van der Waals surface area contributed by atoms with E-state index >= 15 is 0 Å². The molecule has 2 aliphatic rings. The molecule has 3 aromatic rings. The second kappa shape index (κ2) is 7.83. The van der Waals surface area contributed by atoms with Crippen molar-refractivity contribution >= 4 is 34.5 Å². The Morgan fingerprint density at radius 2 is 1.97 bits per heavy atom. The molecular formula is C24H23N3O3S. The summed E-state index contributed by atoms with van der Waals surface area (Å²) in [6.07, 6.45) is 1.44. The van der Waals surface area contributed by atoms with E-state index in [1.54, 1.807) is 29.5 Å². The number of hydrogen-bond donors (Lipinski definition) is 2. The van der Waals surface area contributed by atoms with Crippen molar-refractivity contribution in [2.45, 2.75) is 24.9 Å². The first kappa shape index (κ1) is 19.8. The van der Waals surface area contributed by atoms with Gasteiger partial charge in [-0.15, -0.1) is 11.3 Å². The molecule has 0 bridgehead atoms. The Bertz CT molecular complexity index is 1120. The number of carbonyl (C=O) groups is 2. The molecule has 0 saturated carbocycles. The smallest absolute Gasteiger partial charge is 0.255 e. The maximum Gasteiger partial charge on any atom is 0.255 e. The minimum atomic E-state index is -0.220. The number of nitrogens with two attached hydrogens (primary N) is 1. The van der Waals surface area contributed by atoms with Gasteiger partial charge in [-0.05, 0) is 53.3 Å². The van der Waals surface area contributed by atoms with Crippen molar-refractivity contribution in [2.75, 3.05) is 24.3 Å². The third kappa shape index (κ3) is 3.71. The molecule has 2 aromatic carbocycles. The van der Waals surface area contributed by atoms with Gasteiger partial charge in [0, 0.05) is 23.4 Å². The molecule has 2 aliphatic heterocycles. The number of amides is 2. The maximum atomic E-state index is 12.8. The number of rotatable bonds is 5. The molecule has 3 heterocycles. The largest absolute Gasteiger partial charge is 0.397 e. The summed E-state index contributed by atoms with van der Waals surface area (Å²) in [6, 6.07) is 17.1. The molecular weight excluding hydrogens is 410 g/mol. The number of benzene rings is 2. The molecule has 0 unspecified atom stereocenters. The standard InChI is InChI=1S/C24H23N3O3S/c25-19-8-7-18(21-2-1-11-31-21)12-20(19)26-23(29)17-5-3-16(4-6-17)13-27-22(28)9-10-24(27)14-30-15-24/h1-8,11-12H,9-10,13-15,25H2,(H,26,29). The molecule has 0 aliphatic carbocycles. The third-order valence-electron chi connectivity index (χ3n) is 6.08. The van der Waals surface area contributed by atoms with E-state index in [4.69, 9.17) is 10.5 Å². The van der Waals surface area contributed by atoms with Crippen molar-refractivity contribution in [3.8, 4) is 10.4 Å². The van der Waals surface area contributed by atoms with Gasteiger partial charge < -0.3 is 20.7 Å². The molecule has 7 heteroatoms. The van der Waals surface area contributed by atoms with E-state index in [0.29, 0.717) is 43.1 Å². The van der Waals surface area contributed by atoms with Crippen LogP contribution < -0.4 is 11.1 Å². The summed E-state index contributed by atoms with van der Waals surface area (Å²) in [6.45, 7) is 1.77. The normalized spacial score (nSPS) is 17.0. The van der Waals surface area contributed by atoms with Gasteiger partial charge in [-0.3, -0.25) is 9.59 Å². The molecule has 158 valence electrons. The van der Waals surface area contributed by atoms with Crippen LogP contribution in [0.2, 0.25) is 0 Å². The number of anilines is 2. The van der Waals surface area contributed by atoms with Gasteiger partial charge in [0.15, 0.2) is 0 Å². The lowest BCUT2D eigenvalue weighted by Crippen LogP contribution is -2.59. The zero-order valence-corrected chi connectivity index (χ0v) is 17.8. The first-order valence-electron chi connectivity index (χ1n) is 10.3. The lowest BCUT2D eigenvalue weighted by atomic mass is 9.94. The molecule has 31 heavy (non-hydrogen) atoms. The zero-order valence-electron chi connectivity index (χ0n) is 17.0. The van der Waals surface area contributed by atoms with Crippen LogP contribution >= 0.6 is 11.3 Å². The van der Waals surface area contributed by atoms with Crippen LogP contribution in [0, 0.1) is 0 Å². The Labute approximate surface area is 184 Å². The van der Waals surface area contributed by atoms with Crippen molar-refractivity contribution in [1.82, 2.24) is 4.90 Å². The predicted octanol–water partition coefficient (Wildman–Crippen LogP) is 4.14. The highest BCUT2D eigenvalue weighted by molar-refractivity contribution is 7.13. The summed E-state index contributed by atoms with van der Waals surface area (Å²) >= 11 is 1.64. The fraction of sp³-hybridized carbons (Fsp3) is 0.250. The summed E-state index contributed by atoms with van der Waals surface area (Å²) in [4.78, 5) is 28.1. The van der Waals surface area contributed by atoms with E-state index in [-0.39, 0.29) is 17.4 Å². The van der Waals surface area contributed by atoms with E-state index in [0.717, 1.165) is 22.4 Å². The quantitative estimate of drug-likeness (QED) is 0.592. The van der Waals surface area contributed by atoms with Crippen LogP contribution in [-0.4, -0.2) is 35.5 Å². The zero-order chi connectivity index (χ0) is 21.4.